The van der Waals surface area contributed by atoms with Crippen molar-refractivity contribution in [2.45, 2.75) is 6.54 Å². The summed E-state index contributed by atoms with van der Waals surface area (Å²) in [6.07, 6.45) is 3.71. The lowest BCUT2D eigenvalue weighted by atomic mass is 10.1. The number of fused-ring (bicyclic) bond motifs is 2. The second-order valence-corrected chi connectivity index (χ2v) is 6.00. The molecule has 0 amide bonds. The van der Waals surface area contributed by atoms with Gasteiger partial charge in [-0.3, -0.25) is 4.79 Å². The molecule has 0 spiro atoms. The van der Waals surface area contributed by atoms with Crippen molar-refractivity contribution < 1.29 is 18.5 Å². The highest BCUT2D eigenvalue weighted by atomic mass is 16.5. The first-order valence-corrected chi connectivity index (χ1v) is 8.17. The van der Waals surface area contributed by atoms with Crippen molar-refractivity contribution >= 4 is 27.5 Å². The Morgan fingerprint density at radius 3 is 2.62 bits per heavy atom. The van der Waals surface area contributed by atoms with Gasteiger partial charge in [0.15, 0.2) is 23.7 Å². The van der Waals surface area contributed by atoms with E-state index in [1.54, 1.807) is 28.8 Å². The van der Waals surface area contributed by atoms with Crippen molar-refractivity contribution in [3.8, 4) is 5.75 Å². The third-order valence-electron chi connectivity index (χ3n) is 4.32. The molecule has 0 bridgehead atoms. The number of methoxy groups -OCH3 is 1. The standard InChI is InChI=1S/C21H16NO4/c1-25-19-8-4-7-15-11-17(21(24)26-20(15)19)18(23)13-22-10-9-14-5-2-3-6-16(14)12-22/h2-12H,13H2,1H3/q+1. The maximum Gasteiger partial charge on any atom is 0.347 e. The number of ether oxygens (including phenoxy) is 1. The molecule has 0 saturated carbocycles. The first-order valence-electron chi connectivity index (χ1n) is 8.17. The van der Waals surface area contributed by atoms with Gasteiger partial charge in [-0.15, -0.1) is 0 Å². The van der Waals surface area contributed by atoms with Gasteiger partial charge < -0.3 is 9.15 Å². The zero-order chi connectivity index (χ0) is 18.1. The van der Waals surface area contributed by atoms with Crippen molar-refractivity contribution in [1.82, 2.24) is 0 Å². The summed E-state index contributed by atoms with van der Waals surface area (Å²) in [4.78, 5) is 25.0. The lowest BCUT2D eigenvalue weighted by Crippen LogP contribution is -2.38. The van der Waals surface area contributed by atoms with E-state index in [0.29, 0.717) is 16.7 Å². The molecule has 2 heterocycles. The molecule has 0 saturated heterocycles. The first-order chi connectivity index (χ1) is 12.7. The van der Waals surface area contributed by atoms with Crippen LogP contribution in [-0.4, -0.2) is 12.9 Å². The topological polar surface area (TPSA) is 60.4 Å². The molecule has 26 heavy (non-hydrogen) atoms. The summed E-state index contributed by atoms with van der Waals surface area (Å²) in [6, 6.07) is 16.7. The number of aromatic nitrogens is 1. The van der Waals surface area contributed by atoms with Crippen LogP contribution >= 0.6 is 0 Å². The summed E-state index contributed by atoms with van der Waals surface area (Å²) < 4.78 is 12.3. The average molecular weight is 346 g/mol. The number of hydrogen-bond donors (Lipinski definition) is 0. The minimum absolute atomic E-state index is 0.0337. The maximum absolute atomic E-state index is 12.7. The molecule has 128 valence electrons. The number of Topliss-reactive ketones (excluding diaryl/α,β-unsaturated/α-hetero) is 1. The van der Waals surface area contributed by atoms with E-state index in [0.717, 1.165) is 10.8 Å². The normalized spacial score (nSPS) is 11.0. The van der Waals surface area contributed by atoms with Gasteiger partial charge in [-0.25, -0.2) is 4.79 Å². The summed E-state index contributed by atoms with van der Waals surface area (Å²) in [6.45, 7) is 0.0606. The monoisotopic (exact) mass is 346 g/mol. The van der Waals surface area contributed by atoms with E-state index in [2.05, 4.69) is 0 Å². The highest BCUT2D eigenvalue weighted by molar-refractivity contribution is 5.98. The molecule has 0 aliphatic rings. The number of rotatable bonds is 4. The van der Waals surface area contributed by atoms with Crippen LogP contribution in [-0.2, 0) is 6.54 Å². The Morgan fingerprint density at radius 2 is 1.81 bits per heavy atom. The molecular weight excluding hydrogens is 330 g/mol. The zero-order valence-corrected chi connectivity index (χ0v) is 14.1. The van der Waals surface area contributed by atoms with Gasteiger partial charge in [-0.05, 0) is 23.6 Å². The summed E-state index contributed by atoms with van der Waals surface area (Å²) in [5.41, 5.74) is -0.283. The van der Waals surface area contributed by atoms with Crippen molar-refractivity contribution in [3.63, 3.8) is 0 Å². The predicted octanol–water partition coefficient (Wildman–Crippen LogP) is 3.13. The number of pyridine rings is 1. The molecule has 0 aliphatic carbocycles. The SMILES string of the molecule is COc1cccc2cc(C(=O)C[n+]3ccc4ccccc4c3)c(=O)oc12. The predicted molar refractivity (Wildman–Crippen MR) is 97.5 cm³/mol. The van der Waals surface area contributed by atoms with Gasteiger partial charge >= 0.3 is 5.63 Å². The molecule has 4 aromatic rings. The Hall–Kier alpha value is -3.47. The van der Waals surface area contributed by atoms with Crippen molar-refractivity contribution in [2.24, 2.45) is 0 Å². The number of carbonyl (C=O) groups excluding carboxylic acids is 1. The Balaban J connectivity index is 1.71. The highest BCUT2D eigenvalue weighted by Crippen LogP contribution is 2.24. The van der Waals surface area contributed by atoms with Gasteiger partial charge in [0.05, 0.1) is 7.11 Å². The van der Waals surface area contributed by atoms with Crippen LogP contribution in [0, 0.1) is 0 Å². The van der Waals surface area contributed by atoms with Crippen molar-refractivity contribution in [2.75, 3.05) is 7.11 Å². The average Bonchev–Trinajstić information content (AvgIpc) is 2.66. The molecular formula is C21H16NO4+. The molecule has 0 fully saturated rings. The smallest absolute Gasteiger partial charge is 0.347 e. The molecule has 0 atom stereocenters. The number of benzene rings is 2. The quantitative estimate of drug-likeness (QED) is 0.324. The van der Waals surface area contributed by atoms with Crippen LogP contribution < -0.4 is 14.9 Å². The minimum Gasteiger partial charge on any atom is -0.493 e. The van der Waals surface area contributed by atoms with Crippen LogP contribution in [0.25, 0.3) is 21.7 Å². The summed E-state index contributed by atoms with van der Waals surface area (Å²) in [5.74, 6) is 0.159. The van der Waals surface area contributed by atoms with E-state index in [9.17, 15) is 9.59 Å². The Kier molecular flexibility index (Phi) is 3.97. The second kappa shape index (κ2) is 6.44. The Labute approximate surface area is 149 Å². The fourth-order valence-electron chi connectivity index (χ4n) is 3.00. The molecule has 0 radical (unpaired) electrons. The highest BCUT2D eigenvalue weighted by Gasteiger charge is 2.19. The number of carbonyl (C=O) groups is 1. The van der Waals surface area contributed by atoms with E-state index in [4.69, 9.17) is 9.15 Å². The third-order valence-corrected chi connectivity index (χ3v) is 4.32. The molecule has 5 heteroatoms. The molecule has 4 rings (SSSR count). The maximum atomic E-state index is 12.7. The lowest BCUT2D eigenvalue weighted by Gasteiger charge is -2.05. The second-order valence-electron chi connectivity index (χ2n) is 6.00. The number of ketones is 1. The molecule has 2 aromatic heterocycles. The van der Waals surface area contributed by atoms with Gasteiger partial charge in [-0.2, -0.15) is 4.57 Å². The molecule has 0 aliphatic heterocycles. The molecule has 0 unspecified atom stereocenters. The van der Waals surface area contributed by atoms with Crippen LogP contribution in [0.5, 0.6) is 5.75 Å². The van der Waals surface area contributed by atoms with Crippen LogP contribution in [0.2, 0.25) is 0 Å². The van der Waals surface area contributed by atoms with Gasteiger partial charge in [0.2, 0.25) is 12.3 Å². The molecule has 0 N–H and O–H groups in total. The van der Waals surface area contributed by atoms with Crippen LogP contribution in [0.15, 0.2) is 76.2 Å². The number of nitrogens with zero attached hydrogens (tertiary/aromatic N) is 1. The van der Waals surface area contributed by atoms with E-state index >= 15 is 0 Å². The van der Waals surface area contributed by atoms with Crippen molar-refractivity contribution in [3.05, 3.63) is 83.0 Å². The summed E-state index contributed by atoms with van der Waals surface area (Å²) in [5, 5.41) is 2.77. The third kappa shape index (κ3) is 2.84. The van der Waals surface area contributed by atoms with Gasteiger partial charge in [0.25, 0.3) is 0 Å². The first kappa shape index (κ1) is 16.0. The Morgan fingerprint density at radius 1 is 1.04 bits per heavy atom. The lowest BCUT2D eigenvalue weighted by molar-refractivity contribution is -0.681. The molecule has 5 nitrogen and oxygen atoms in total. The van der Waals surface area contributed by atoms with Crippen LogP contribution in [0.1, 0.15) is 10.4 Å². The van der Waals surface area contributed by atoms with Gasteiger partial charge in [0, 0.05) is 16.8 Å². The van der Waals surface area contributed by atoms with E-state index in [1.165, 1.54) is 7.11 Å². The van der Waals surface area contributed by atoms with Crippen molar-refractivity contribution in [1.29, 1.82) is 0 Å². The zero-order valence-electron chi connectivity index (χ0n) is 14.1. The summed E-state index contributed by atoms with van der Waals surface area (Å²) in [7, 11) is 1.50. The minimum atomic E-state index is -0.659. The van der Waals surface area contributed by atoms with Crippen LogP contribution in [0.4, 0.5) is 0 Å². The Bertz CT molecular complexity index is 1190. The van der Waals surface area contributed by atoms with E-state index in [1.807, 2.05) is 42.7 Å². The largest absolute Gasteiger partial charge is 0.493 e. The van der Waals surface area contributed by atoms with Crippen LogP contribution in [0.3, 0.4) is 0 Å². The van der Waals surface area contributed by atoms with Gasteiger partial charge in [-0.1, -0.05) is 30.3 Å². The van der Waals surface area contributed by atoms with E-state index in [-0.39, 0.29) is 17.9 Å². The number of para-hydroxylation sites is 1. The summed E-state index contributed by atoms with van der Waals surface area (Å²) >= 11 is 0. The molecule has 2 aromatic carbocycles. The fourth-order valence-corrected chi connectivity index (χ4v) is 3.00. The van der Waals surface area contributed by atoms with E-state index < -0.39 is 5.63 Å². The fraction of sp³-hybridized carbons (Fsp3) is 0.0952. The van der Waals surface area contributed by atoms with Gasteiger partial charge in [0.1, 0.15) is 5.56 Å². The number of hydrogen-bond acceptors (Lipinski definition) is 4.